The van der Waals surface area contributed by atoms with Crippen LogP contribution in [0.1, 0.15) is 19.0 Å². The minimum atomic E-state index is -0.0976. The number of halogens is 1. The highest BCUT2D eigenvalue weighted by molar-refractivity contribution is 6.34. The second kappa shape index (κ2) is 5.02. The van der Waals surface area contributed by atoms with Gasteiger partial charge in [-0.3, -0.25) is 9.78 Å². The fourth-order valence-electron chi connectivity index (χ4n) is 1.95. The summed E-state index contributed by atoms with van der Waals surface area (Å²) in [5.74, 6) is -0.137. The lowest BCUT2D eigenvalue weighted by Gasteiger charge is -2.15. The van der Waals surface area contributed by atoms with E-state index in [4.69, 9.17) is 16.3 Å². The van der Waals surface area contributed by atoms with Crippen molar-refractivity contribution in [2.45, 2.75) is 26.4 Å². The molecule has 2 atom stereocenters. The van der Waals surface area contributed by atoms with Gasteiger partial charge in [0, 0.05) is 12.8 Å². The predicted octanol–water partition coefficient (Wildman–Crippen LogP) is 2.41. The standard InChI is InChI=1S/C12H15ClN2O2/c1-7-11(13)10(3-5-14-7)15-12(16)9-4-6-17-8(9)2/h3,5,8-9H,4,6H2,1-2H3,(H,14,15,16). The summed E-state index contributed by atoms with van der Waals surface area (Å²) >= 11 is 6.07. The summed E-state index contributed by atoms with van der Waals surface area (Å²) < 4.78 is 5.37. The van der Waals surface area contributed by atoms with Gasteiger partial charge < -0.3 is 10.1 Å². The fourth-order valence-corrected chi connectivity index (χ4v) is 2.11. The lowest BCUT2D eigenvalue weighted by molar-refractivity contribution is -0.121. The van der Waals surface area contributed by atoms with Gasteiger partial charge in [0.25, 0.3) is 0 Å². The molecule has 1 amide bonds. The van der Waals surface area contributed by atoms with E-state index >= 15 is 0 Å². The maximum Gasteiger partial charge on any atom is 0.230 e. The Morgan fingerprint density at radius 1 is 1.65 bits per heavy atom. The average Bonchev–Trinajstić information content (AvgIpc) is 2.71. The van der Waals surface area contributed by atoms with Gasteiger partial charge in [0.15, 0.2) is 0 Å². The Balaban J connectivity index is 2.10. The number of aromatic nitrogens is 1. The summed E-state index contributed by atoms with van der Waals surface area (Å²) in [5.41, 5.74) is 1.32. The summed E-state index contributed by atoms with van der Waals surface area (Å²) in [6.45, 7) is 4.36. The van der Waals surface area contributed by atoms with E-state index in [2.05, 4.69) is 10.3 Å². The van der Waals surface area contributed by atoms with Crippen LogP contribution in [0.5, 0.6) is 0 Å². The number of hydrogen-bond acceptors (Lipinski definition) is 3. The van der Waals surface area contributed by atoms with E-state index in [-0.39, 0.29) is 17.9 Å². The average molecular weight is 255 g/mol. The summed E-state index contributed by atoms with van der Waals surface area (Å²) in [6.07, 6.45) is 2.36. The van der Waals surface area contributed by atoms with E-state index in [9.17, 15) is 4.79 Å². The van der Waals surface area contributed by atoms with Gasteiger partial charge in [-0.15, -0.1) is 0 Å². The lowest BCUT2D eigenvalue weighted by atomic mass is 10.0. The van der Waals surface area contributed by atoms with Crippen LogP contribution >= 0.6 is 11.6 Å². The third kappa shape index (κ3) is 2.58. The second-order valence-electron chi connectivity index (χ2n) is 4.22. The number of pyridine rings is 1. The van der Waals surface area contributed by atoms with E-state index in [0.717, 1.165) is 6.42 Å². The first-order valence-electron chi connectivity index (χ1n) is 5.63. The topological polar surface area (TPSA) is 51.2 Å². The predicted molar refractivity (Wildman–Crippen MR) is 66.1 cm³/mol. The zero-order chi connectivity index (χ0) is 12.4. The summed E-state index contributed by atoms with van der Waals surface area (Å²) in [7, 11) is 0. The Labute approximate surface area is 105 Å². The zero-order valence-corrected chi connectivity index (χ0v) is 10.6. The summed E-state index contributed by atoms with van der Waals surface area (Å²) in [6, 6.07) is 1.70. The molecule has 0 aromatic carbocycles. The van der Waals surface area contributed by atoms with E-state index in [0.29, 0.717) is 23.0 Å². The molecule has 1 aliphatic rings. The van der Waals surface area contributed by atoms with Crippen LogP contribution in [-0.4, -0.2) is 23.6 Å². The van der Waals surface area contributed by atoms with E-state index in [1.54, 1.807) is 19.2 Å². The highest BCUT2D eigenvalue weighted by atomic mass is 35.5. The Bertz CT molecular complexity index is 437. The highest BCUT2D eigenvalue weighted by Gasteiger charge is 2.31. The molecular weight excluding hydrogens is 240 g/mol. The number of hydrogen-bond donors (Lipinski definition) is 1. The number of carbonyl (C=O) groups excluding carboxylic acids is 1. The minimum absolute atomic E-state index is 0.0308. The maximum atomic E-state index is 12.0. The quantitative estimate of drug-likeness (QED) is 0.882. The van der Waals surface area contributed by atoms with Gasteiger partial charge in [-0.2, -0.15) is 0 Å². The third-order valence-electron chi connectivity index (χ3n) is 3.03. The van der Waals surface area contributed by atoms with Gasteiger partial charge in [0.2, 0.25) is 5.91 Å². The summed E-state index contributed by atoms with van der Waals surface area (Å²) in [4.78, 5) is 16.1. The van der Waals surface area contributed by atoms with Crippen LogP contribution in [0.2, 0.25) is 5.02 Å². The molecule has 0 bridgehead atoms. The molecule has 1 N–H and O–H groups in total. The molecule has 1 fully saturated rings. The first kappa shape index (κ1) is 12.3. The molecule has 17 heavy (non-hydrogen) atoms. The number of ether oxygens (including phenoxy) is 1. The van der Waals surface area contributed by atoms with Crippen LogP contribution in [0.25, 0.3) is 0 Å². The summed E-state index contributed by atoms with van der Waals surface area (Å²) in [5, 5.41) is 3.33. The monoisotopic (exact) mass is 254 g/mol. The molecule has 1 aromatic rings. The van der Waals surface area contributed by atoms with Crippen molar-refractivity contribution in [1.29, 1.82) is 0 Å². The normalized spacial score (nSPS) is 23.7. The first-order valence-corrected chi connectivity index (χ1v) is 6.01. The number of aryl methyl sites for hydroxylation is 1. The smallest absolute Gasteiger partial charge is 0.230 e. The Morgan fingerprint density at radius 3 is 3.06 bits per heavy atom. The van der Waals surface area contributed by atoms with Crippen LogP contribution in [0.4, 0.5) is 5.69 Å². The van der Waals surface area contributed by atoms with Gasteiger partial charge >= 0.3 is 0 Å². The van der Waals surface area contributed by atoms with E-state index in [1.807, 2.05) is 6.92 Å². The molecule has 5 heteroatoms. The molecule has 1 aliphatic heterocycles. The van der Waals surface area contributed by atoms with Crippen LogP contribution in [-0.2, 0) is 9.53 Å². The maximum absolute atomic E-state index is 12.0. The van der Waals surface area contributed by atoms with Gasteiger partial charge in [0.05, 0.1) is 28.4 Å². The van der Waals surface area contributed by atoms with Crippen LogP contribution < -0.4 is 5.32 Å². The van der Waals surface area contributed by atoms with Gasteiger partial charge in [0.1, 0.15) is 0 Å². The number of nitrogens with zero attached hydrogens (tertiary/aromatic N) is 1. The highest BCUT2D eigenvalue weighted by Crippen LogP contribution is 2.26. The van der Waals surface area contributed by atoms with Crippen LogP contribution in [0.3, 0.4) is 0 Å². The lowest BCUT2D eigenvalue weighted by Crippen LogP contribution is -2.27. The van der Waals surface area contributed by atoms with Crippen molar-refractivity contribution in [1.82, 2.24) is 4.98 Å². The minimum Gasteiger partial charge on any atom is -0.378 e. The molecule has 4 nitrogen and oxygen atoms in total. The molecule has 2 heterocycles. The number of nitrogens with one attached hydrogen (secondary N) is 1. The number of rotatable bonds is 2. The Morgan fingerprint density at radius 2 is 2.41 bits per heavy atom. The number of carbonyl (C=O) groups is 1. The van der Waals surface area contributed by atoms with Crippen molar-refractivity contribution in [3.05, 3.63) is 23.0 Å². The fraction of sp³-hybridized carbons (Fsp3) is 0.500. The molecule has 2 rings (SSSR count). The molecule has 92 valence electrons. The van der Waals surface area contributed by atoms with Crippen molar-refractivity contribution in [2.24, 2.45) is 5.92 Å². The van der Waals surface area contributed by atoms with Crippen LogP contribution in [0.15, 0.2) is 12.3 Å². The van der Waals surface area contributed by atoms with Crippen molar-refractivity contribution in [3.8, 4) is 0 Å². The third-order valence-corrected chi connectivity index (χ3v) is 3.51. The van der Waals surface area contributed by atoms with Crippen molar-refractivity contribution in [3.63, 3.8) is 0 Å². The van der Waals surface area contributed by atoms with Gasteiger partial charge in [-0.1, -0.05) is 11.6 Å². The molecule has 0 saturated carbocycles. The molecule has 2 unspecified atom stereocenters. The van der Waals surface area contributed by atoms with Crippen molar-refractivity contribution < 1.29 is 9.53 Å². The zero-order valence-electron chi connectivity index (χ0n) is 9.87. The van der Waals surface area contributed by atoms with E-state index in [1.165, 1.54) is 0 Å². The molecule has 1 aromatic heterocycles. The Kier molecular flexibility index (Phi) is 3.64. The van der Waals surface area contributed by atoms with Crippen molar-refractivity contribution >= 4 is 23.2 Å². The van der Waals surface area contributed by atoms with Crippen LogP contribution in [0, 0.1) is 12.8 Å². The number of amides is 1. The second-order valence-corrected chi connectivity index (χ2v) is 4.60. The largest absolute Gasteiger partial charge is 0.378 e. The Hall–Kier alpha value is -1.13. The molecule has 1 saturated heterocycles. The van der Waals surface area contributed by atoms with E-state index < -0.39 is 0 Å². The molecule has 0 spiro atoms. The molecule has 0 radical (unpaired) electrons. The molecule has 0 aliphatic carbocycles. The van der Waals surface area contributed by atoms with Gasteiger partial charge in [-0.25, -0.2) is 0 Å². The number of anilines is 1. The van der Waals surface area contributed by atoms with Crippen molar-refractivity contribution in [2.75, 3.05) is 11.9 Å². The first-order chi connectivity index (χ1) is 8.09. The SMILES string of the molecule is Cc1nccc(NC(=O)C2CCOC2C)c1Cl. The molecular formula is C12H15ClN2O2. The van der Waals surface area contributed by atoms with Gasteiger partial charge in [-0.05, 0) is 26.3 Å².